The standard InChI is InChI=1S/C21H25N3O3S2.ClH/c1-15-9-10-18-19(13-15)28-21(22-18)24(12-6-11-23(2)3)20(25)16-7-5-8-17(14-16)29(4,26)27;/h5,7-10,13-14H,6,11-12H2,1-4H3;1H. The number of aryl methyl sites for hydroxylation is 1. The van der Waals surface area contributed by atoms with E-state index in [1.54, 1.807) is 17.0 Å². The van der Waals surface area contributed by atoms with Crippen LogP contribution < -0.4 is 4.90 Å². The van der Waals surface area contributed by atoms with Crippen molar-refractivity contribution in [3.05, 3.63) is 53.6 Å². The molecule has 1 amide bonds. The normalized spacial score (nSPS) is 11.5. The van der Waals surface area contributed by atoms with Crippen LogP contribution >= 0.6 is 23.7 Å². The Morgan fingerprint density at radius 3 is 2.50 bits per heavy atom. The molecule has 3 aromatic rings. The van der Waals surface area contributed by atoms with Crippen LogP contribution in [0, 0.1) is 6.92 Å². The molecule has 0 aliphatic carbocycles. The number of amides is 1. The number of halogens is 1. The van der Waals surface area contributed by atoms with Gasteiger partial charge in [0.1, 0.15) is 0 Å². The van der Waals surface area contributed by atoms with Crippen LogP contribution in [0.2, 0.25) is 0 Å². The van der Waals surface area contributed by atoms with Gasteiger partial charge in [0.15, 0.2) is 15.0 Å². The lowest BCUT2D eigenvalue weighted by Crippen LogP contribution is -2.33. The number of hydrogen-bond acceptors (Lipinski definition) is 6. The van der Waals surface area contributed by atoms with Crippen LogP contribution in [-0.2, 0) is 9.84 Å². The SMILES string of the molecule is Cc1ccc2nc(N(CCCN(C)C)C(=O)c3cccc(S(C)(=O)=O)c3)sc2c1.Cl. The number of rotatable bonds is 7. The van der Waals surface area contributed by atoms with E-state index in [4.69, 9.17) is 0 Å². The quantitative estimate of drug-likeness (QED) is 0.524. The van der Waals surface area contributed by atoms with Crippen molar-refractivity contribution in [1.29, 1.82) is 0 Å². The smallest absolute Gasteiger partial charge is 0.260 e. The van der Waals surface area contributed by atoms with Gasteiger partial charge in [0.2, 0.25) is 0 Å². The Morgan fingerprint density at radius 1 is 1.10 bits per heavy atom. The summed E-state index contributed by atoms with van der Waals surface area (Å²) in [5.74, 6) is -0.245. The maximum Gasteiger partial charge on any atom is 0.260 e. The van der Waals surface area contributed by atoms with E-state index in [0.29, 0.717) is 17.2 Å². The van der Waals surface area contributed by atoms with Crippen LogP contribution in [0.4, 0.5) is 5.13 Å². The Bertz CT molecular complexity index is 1140. The van der Waals surface area contributed by atoms with Gasteiger partial charge >= 0.3 is 0 Å². The molecular formula is C21H26ClN3O3S2. The van der Waals surface area contributed by atoms with Gasteiger partial charge < -0.3 is 4.90 Å². The Balaban J connectivity index is 0.00000320. The molecule has 0 saturated carbocycles. The molecule has 0 aliphatic rings. The largest absolute Gasteiger partial charge is 0.309 e. The van der Waals surface area contributed by atoms with Crippen LogP contribution in [0.3, 0.4) is 0 Å². The van der Waals surface area contributed by atoms with Gasteiger partial charge in [0.25, 0.3) is 5.91 Å². The fourth-order valence-electron chi connectivity index (χ4n) is 2.98. The number of anilines is 1. The number of fused-ring (bicyclic) bond motifs is 1. The minimum atomic E-state index is -3.39. The fourth-order valence-corrected chi connectivity index (χ4v) is 4.73. The van der Waals surface area contributed by atoms with Crippen molar-refractivity contribution >= 4 is 54.8 Å². The summed E-state index contributed by atoms with van der Waals surface area (Å²) in [6.45, 7) is 3.35. The predicted molar refractivity (Wildman–Crippen MR) is 126 cm³/mol. The Labute approximate surface area is 187 Å². The van der Waals surface area contributed by atoms with Gasteiger partial charge in [-0.3, -0.25) is 9.69 Å². The van der Waals surface area contributed by atoms with E-state index >= 15 is 0 Å². The van der Waals surface area contributed by atoms with E-state index in [9.17, 15) is 13.2 Å². The van der Waals surface area contributed by atoms with Gasteiger partial charge in [-0.25, -0.2) is 13.4 Å². The van der Waals surface area contributed by atoms with Crippen LogP contribution in [0.1, 0.15) is 22.3 Å². The first-order valence-corrected chi connectivity index (χ1v) is 12.0. The molecule has 0 radical (unpaired) electrons. The molecule has 0 aliphatic heterocycles. The molecule has 30 heavy (non-hydrogen) atoms. The summed E-state index contributed by atoms with van der Waals surface area (Å²) in [6, 6.07) is 12.2. The lowest BCUT2D eigenvalue weighted by atomic mass is 10.2. The number of sulfone groups is 1. The number of nitrogens with zero attached hydrogens (tertiary/aromatic N) is 3. The maximum absolute atomic E-state index is 13.3. The fraction of sp³-hybridized carbons (Fsp3) is 0.333. The van der Waals surface area contributed by atoms with Crippen LogP contribution in [-0.4, -0.2) is 57.6 Å². The van der Waals surface area contributed by atoms with Crippen LogP contribution in [0.15, 0.2) is 47.4 Å². The predicted octanol–water partition coefficient (Wildman–Crippen LogP) is 4.03. The second kappa shape index (κ2) is 9.87. The van der Waals surface area contributed by atoms with Gasteiger partial charge in [-0.05, 0) is 69.9 Å². The number of hydrogen-bond donors (Lipinski definition) is 0. The van der Waals surface area contributed by atoms with Crippen molar-refractivity contribution in [2.75, 3.05) is 38.3 Å². The summed E-state index contributed by atoms with van der Waals surface area (Å²) < 4.78 is 24.8. The molecule has 0 N–H and O–H groups in total. The van der Waals surface area contributed by atoms with Crippen LogP contribution in [0.25, 0.3) is 10.2 Å². The molecule has 9 heteroatoms. The second-order valence-electron chi connectivity index (χ2n) is 7.38. The van der Waals surface area contributed by atoms with Gasteiger partial charge in [-0.1, -0.05) is 23.5 Å². The van der Waals surface area contributed by atoms with E-state index in [1.165, 1.54) is 23.5 Å². The first kappa shape index (κ1) is 24.3. The second-order valence-corrected chi connectivity index (χ2v) is 10.4. The van der Waals surface area contributed by atoms with Crippen molar-refractivity contribution < 1.29 is 13.2 Å². The van der Waals surface area contributed by atoms with E-state index < -0.39 is 9.84 Å². The summed E-state index contributed by atoms with van der Waals surface area (Å²) >= 11 is 1.47. The van der Waals surface area contributed by atoms with E-state index in [0.717, 1.165) is 35.0 Å². The van der Waals surface area contributed by atoms with Crippen molar-refractivity contribution in [2.45, 2.75) is 18.2 Å². The third-order valence-corrected chi connectivity index (χ3v) is 6.66. The third-order valence-electron chi connectivity index (χ3n) is 4.50. The van der Waals surface area contributed by atoms with Gasteiger partial charge in [0, 0.05) is 18.4 Å². The highest BCUT2D eigenvalue weighted by atomic mass is 35.5. The van der Waals surface area contributed by atoms with Crippen molar-refractivity contribution in [3.8, 4) is 0 Å². The van der Waals surface area contributed by atoms with Gasteiger partial charge in [-0.15, -0.1) is 12.4 Å². The lowest BCUT2D eigenvalue weighted by molar-refractivity contribution is 0.0986. The Hall–Kier alpha value is -2.00. The Kier molecular flexibility index (Phi) is 7.99. The highest BCUT2D eigenvalue weighted by Crippen LogP contribution is 2.30. The molecular weight excluding hydrogens is 442 g/mol. The average molecular weight is 468 g/mol. The molecule has 0 spiro atoms. The number of carbonyl (C=O) groups is 1. The molecule has 6 nitrogen and oxygen atoms in total. The number of benzene rings is 2. The number of carbonyl (C=O) groups excluding carboxylic acids is 1. The monoisotopic (exact) mass is 467 g/mol. The van der Waals surface area contributed by atoms with Gasteiger partial charge in [0.05, 0.1) is 15.1 Å². The van der Waals surface area contributed by atoms with Gasteiger partial charge in [-0.2, -0.15) is 0 Å². The zero-order chi connectivity index (χ0) is 21.2. The molecule has 162 valence electrons. The molecule has 0 atom stereocenters. The topological polar surface area (TPSA) is 70.6 Å². The first-order chi connectivity index (χ1) is 13.6. The van der Waals surface area contributed by atoms with E-state index in [1.807, 2.05) is 33.2 Å². The number of thiazole rings is 1. The molecule has 0 unspecified atom stereocenters. The van der Waals surface area contributed by atoms with Crippen LogP contribution in [0.5, 0.6) is 0 Å². The summed E-state index contributed by atoms with van der Waals surface area (Å²) in [6.07, 6.45) is 1.92. The lowest BCUT2D eigenvalue weighted by Gasteiger charge is -2.21. The van der Waals surface area contributed by atoms with Crippen molar-refractivity contribution in [3.63, 3.8) is 0 Å². The molecule has 3 rings (SSSR count). The Morgan fingerprint density at radius 2 is 1.83 bits per heavy atom. The summed E-state index contributed by atoms with van der Waals surface area (Å²) in [5.41, 5.74) is 2.33. The summed E-state index contributed by atoms with van der Waals surface area (Å²) in [5, 5.41) is 0.624. The minimum absolute atomic E-state index is 0. The van der Waals surface area contributed by atoms with E-state index in [-0.39, 0.29) is 23.2 Å². The average Bonchev–Trinajstić information content (AvgIpc) is 3.06. The molecule has 1 aromatic heterocycles. The molecule has 0 fully saturated rings. The number of aromatic nitrogens is 1. The zero-order valence-corrected chi connectivity index (χ0v) is 19.9. The van der Waals surface area contributed by atoms with Crippen molar-refractivity contribution in [2.24, 2.45) is 0 Å². The third kappa shape index (κ3) is 5.78. The molecule has 1 heterocycles. The minimum Gasteiger partial charge on any atom is -0.309 e. The summed E-state index contributed by atoms with van der Waals surface area (Å²) in [4.78, 5) is 21.8. The molecule has 0 bridgehead atoms. The highest BCUT2D eigenvalue weighted by molar-refractivity contribution is 7.90. The molecule has 2 aromatic carbocycles. The summed E-state index contributed by atoms with van der Waals surface area (Å²) in [7, 11) is 0.584. The highest BCUT2D eigenvalue weighted by Gasteiger charge is 2.22. The van der Waals surface area contributed by atoms with Crippen molar-refractivity contribution in [1.82, 2.24) is 9.88 Å². The maximum atomic E-state index is 13.3. The zero-order valence-electron chi connectivity index (χ0n) is 17.5. The first-order valence-electron chi connectivity index (χ1n) is 9.29. The van der Waals surface area contributed by atoms with E-state index in [2.05, 4.69) is 16.0 Å². The molecule has 0 saturated heterocycles.